The zero-order valence-corrected chi connectivity index (χ0v) is 13.8. The zero-order valence-electron chi connectivity index (χ0n) is 13.0. The van der Waals surface area contributed by atoms with E-state index in [1.165, 1.54) is 64.0 Å². The molecule has 7 heteroatoms. The van der Waals surface area contributed by atoms with E-state index in [4.69, 9.17) is 22.4 Å². The summed E-state index contributed by atoms with van der Waals surface area (Å²) in [6.45, 7) is 6.35. The largest absolute Gasteiger partial charge is 0.394 e. The van der Waals surface area contributed by atoms with Crippen LogP contribution in [0.3, 0.4) is 0 Å². The van der Waals surface area contributed by atoms with Crippen LogP contribution in [0.2, 0.25) is 0 Å². The van der Waals surface area contributed by atoms with E-state index in [0.717, 1.165) is 6.42 Å². The van der Waals surface area contributed by atoms with Gasteiger partial charge in [0, 0.05) is 0 Å². The van der Waals surface area contributed by atoms with Gasteiger partial charge < -0.3 is 4.89 Å². The minimum atomic E-state index is -4.67. The molecule has 0 radical (unpaired) electrons. The Morgan fingerprint density at radius 2 is 1.29 bits per heavy atom. The van der Waals surface area contributed by atoms with Gasteiger partial charge in [0.05, 0.1) is 6.61 Å². The predicted octanol–water partition coefficient (Wildman–Crippen LogP) is 4.35. The summed E-state index contributed by atoms with van der Waals surface area (Å²) < 4.78 is 31.6. The monoisotopic (exact) mass is 326 g/mol. The quantitative estimate of drug-likeness (QED) is 0.172. The molecule has 6 nitrogen and oxygen atoms in total. The van der Waals surface area contributed by atoms with Crippen molar-refractivity contribution in [3.05, 3.63) is 12.8 Å². The maximum absolute atomic E-state index is 8.74. The molecule has 0 aliphatic rings. The van der Waals surface area contributed by atoms with E-state index in [2.05, 4.69) is 18.4 Å². The Balaban J connectivity index is 0. The van der Waals surface area contributed by atoms with Gasteiger partial charge in [-0.05, 0) is 6.42 Å². The first-order chi connectivity index (χ1) is 9.91. The van der Waals surface area contributed by atoms with E-state index >= 15 is 0 Å². The molecule has 0 aromatic heterocycles. The second kappa shape index (κ2) is 17.4. The Morgan fingerprint density at radius 3 is 1.67 bits per heavy atom. The van der Waals surface area contributed by atoms with Gasteiger partial charge in [0.2, 0.25) is 0 Å². The van der Waals surface area contributed by atoms with Crippen molar-refractivity contribution in [2.24, 2.45) is 0 Å². The minimum Gasteiger partial charge on any atom is -0.346 e. The maximum atomic E-state index is 8.74. The molecule has 0 fully saturated rings. The highest BCUT2D eigenvalue weighted by molar-refractivity contribution is 7.79. The van der Waals surface area contributed by atoms with Crippen molar-refractivity contribution in [1.29, 1.82) is 0 Å². The molecule has 21 heavy (non-hydrogen) atoms. The first kappa shape index (κ1) is 22.6. The summed E-state index contributed by atoms with van der Waals surface area (Å²) in [6.07, 6.45) is 14.7. The van der Waals surface area contributed by atoms with Gasteiger partial charge in [-0.1, -0.05) is 71.3 Å². The summed E-state index contributed by atoms with van der Waals surface area (Å²) in [5.41, 5.74) is 0. The number of unbranched alkanes of at least 4 members (excludes halogenated alkanes) is 9. The van der Waals surface area contributed by atoms with E-state index in [1.54, 1.807) is 0 Å². The van der Waals surface area contributed by atoms with Crippen LogP contribution in [0, 0.1) is 0 Å². The van der Waals surface area contributed by atoms with E-state index in [9.17, 15) is 0 Å². The number of rotatable bonds is 13. The molecule has 0 unspecified atom stereocenters. The summed E-state index contributed by atoms with van der Waals surface area (Å²) in [6, 6.07) is 0. The highest BCUT2D eigenvalue weighted by atomic mass is 32.3. The second-order valence-corrected chi connectivity index (χ2v) is 5.61. The van der Waals surface area contributed by atoms with Crippen molar-refractivity contribution in [2.45, 2.75) is 71.1 Å². The lowest BCUT2D eigenvalue weighted by atomic mass is 10.1. The Kier molecular flexibility index (Phi) is 18.8. The molecule has 128 valence electrons. The first-order valence-corrected chi connectivity index (χ1v) is 8.90. The molecule has 0 atom stereocenters. The van der Waals surface area contributed by atoms with Crippen LogP contribution < -0.4 is 0 Å². The molecule has 2 N–H and O–H groups in total. The van der Waals surface area contributed by atoms with Gasteiger partial charge in [0.1, 0.15) is 6.26 Å². The fourth-order valence-electron chi connectivity index (χ4n) is 1.74. The Hall–Kier alpha value is -0.630. The maximum Gasteiger partial charge on any atom is 0.394 e. The van der Waals surface area contributed by atoms with Crippen LogP contribution in [0.1, 0.15) is 71.1 Å². The molecule has 0 spiro atoms. The Labute approximate surface area is 129 Å². The molecule has 0 amide bonds. The van der Waals surface area contributed by atoms with E-state index < -0.39 is 10.4 Å². The average molecular weight is 326 g/mol. The third-order valence-electron chi connectivity index (χ3n) is 2.72. The average Bonchev–Trinajstić information content (AvgIpc) is 2.38. The van der Waals surface area contributed by atoms with Crippen LogP contribution >= 0.6 is 0 Å². The summed E-state index contributed by atoms with van der Waals surface area (Å²) in [5.74, 6) is 0. The molecule has 0 aliphatic carbocycles. The fourth-order valence-corrected chi connectivity index (χ4v) is 1.74. The highest BCUT2D eigenvalue weighted by Crippen LogP contribution is 2.10. The van der Waals surface area contributed by atoms with Crippen LogP contribution in [-0.2, 0) is 20.2 Å². The van der Waals surface area contributed by atoms with Crippen LogP contribution in [-0.4, -0.2) is 24.1 Å². The second-order valence-electron chi connectivity index (χ2n) is 4.71. The summed E-state index contributed by atoms with van der Waals surface area (Å²) in [7, 11) is -4.67. The van der Waals surface area contributed by atoms with Crippen LogP contribution in [0.5, 0.6) is 0 Å². The van der Waals surface area contributed by atoms with Crippen molar-refractivity contribution >= 4 is 10.4 Å². The van der Waals surface area contributed by atoms with Gasteiger partial charge in [-0.3, -0.25) is 9.11 Å². The van der Waals surface area contributed by atoms with Crippen LogP contribution in [0.15, 0.2) is 12.8 Å². The standard InChI is InChI=1S/C14H28O2.H2O4S/c1-3-5-6-7-8-9-10-11-12-13-14-16-15-4-2;1-5(2,3)4/h4H,2-3,5-14H2,1H3;(H2,1,2,3,4). The molecular formula is C14H30O6S. The van der Waals surface area contributed by atoms with E-state index in [-0.39, 0.29) is 0 Å². The van der Waals surface area contributed by atoms with Crippen molar-refractivity contribution in [2.75, 3.05) is 6.61 Å². The van der Waals surface area contributed by atoms with Gasteiger partial charge in [-0.25, -0.2) is 0 Å². The van der Waals surface area contributed by atoms with Crippen molar-refractivity contribution < 1.29 is 27.3 Å². The summed E-state index contributed by atoms with van der Waals surface area (Å²) in [4.78, 5) is 9.42. The molecule has 0 aromatic carbocycles. The van der Waals surface area contributed by atoms with Gasteiger partial charge in [-0.15, -0.1) is 0 Å². The molecule has 0 rings (SSSR count). The normalized spacial score (nSPS) is 10.6. The van der Waals surface area contributed by atoms with Gasteiger partial charge in [0.15, 0.2) is 0 Å². The Morgan fingerprint density at radius 1 is 0.905 bits per heavy atom. The van der Waals surface area contributed by atoms with Crippen LogP contribution in [0.4, 0.5) is 0 Å². The van der Waals surface area contributed by atoms with E-state index in [0.29, 0.717) is 6.61 Å². The molecular weight excluding hydrogens is 296 g/mol. The molecule has 0 saturated carbocycles. The third kappa shape index (κ3) is 38.2. The van der Waals surface area contributed by atoms with Gasteiger partial charge in [0.25, 0.3) is 0 Å². The smallest absolute Gasteiger partial charge is 0.346 e. The van der Waals surface area contributed by atoms with Crippen molar-refractivity contribution in [1.82, 2.24) is 0 Å². The Bertz CT molecular complexity index is 295. The highest BCUT2D eigenvalue weighted by Gasteiger charge is 1.92. The molecule has 0 aliphatic heterocycles. The topological polar surface area (TPSA) is 93.1 Å². The van der Waals surface area contributed by atoms with Crippen LogP contribution in [0.25, 0.3) is 0 Å². The molecule has 0 aromatic rings. The molecule has 0 bridgehead atoms. The lowest BCUT2D eigenvalue weighted by Crippen LogP contribution is -1.91. The zero-order chi connectivity index (χ0) is 16.4. The number of hydrogen-bond acceptors (Lipinski definition) is 4. The van der Waals surface area contributed by atoms with Crippen molar-refractivity contribution in [3.8, 4) is 0 Å². The SMILES string of the molecule is C=COOCCCCCCCCCCCC.O=S(=O)(O)O. The third-order valence-corrected chi connectivity index (χ3v) is 2.72. The molecule has 0 saturated heterocycles. The van der Waals surface area contributed by atoms with Gasteiger partial charge >= 0.3 is 10.4 Å². The number of hydrogen-bond donors (Lipinski definition) is 2. The predicted molar refractivity (Wildman–Crippen MR) is 83.3 cm³/mol. The summed E-state index contributed by atoms with van der Waals surface area (Å²) in [5, 5.41) is 0. The minimum absolute atomic E-state index is 0.683. The lowest BCUT2D eigenvalue weighted by Gasteiger charge is -2.02. The lowest BCUT2D eigenvalue weighted by molar-refractivity contribution is -0.248. The summed E-state index contributed by atoms with van der Waals surface area (Å²) >= 11 is 0. The first-order valence-electron chi connectivity index (χ1n) is 7.50. The van der Waals surface area contributed by atoms with Gasteiger partial charge in [-0.2, -0.15) is 13.3 Å². The fraction of sp³-hybridized carbons (Fsp3) is 0.857. The van der Waals surface area contributed by atoms with E-state index in [1.807, 2.05) is 0 Å². The van der Waals surface area contributed by atoms with Crippen molar-refractivity contribution in [3.63, 3.8) is 0 Å². The molecule has 0 heterocycles.